The van der Waals surface area contributed by atoms with Crippen molar-refractivity contribution in [1.29, 1.82) is 0 Å². The average molecular weight is 497 g/mol. The van der Waals surface area contributed by atoms with Crippen LogP contribution in [0.15, 0.2) is 48.7 Å². The number of nitro groups is 1. The number of halogens is 1. The predicted molar refractivity (Wildman–Crippen MR) is 131 cm³/mol. The molecule has 1 aromatic heterocycles. The zero-order valence-electron chi connectivity index (χ0n) is 20.4. The number of piperidine rings is 1. The smallest absolute Gasteiger partial charge is 0.415 e. The number of anilines is 1. The van der Waals surface area contributed by atoms with Gasteiger partial charge in [0.15, 0.2) is 17.2 Å². The number of ether oxygens (including phenoxy) is 3. The number of hydrogen-bond donors (Lipinski definition) is 0. The summed E-state index contributed by atoms with van der Waals surface area (Å²) < 4.78 is 33.1. The highest BCUT2D eigenvalue weighted by Gasteiger charge is 2.41. The van der Waals surface area contributed by atoms with Gasteiger partial charge in [0.25, 0.3) is 0 Å². The number of imidazole rings is 1. The van der Waals surface area contributed by atoms with Gasteiger partial charge in [-0.05, 0) is 79.5 Å². The van der Waals surface area contributed by atoms with Gasteiger partial charge in [0.2, 0.25) is 0 Å². The van der Waals surface area contributed by atoms with Crippen LogP contribution < -0.4 is 19.1 Å². The maximum atomic E-state index is 13.9. The van der Waals surface area contributed by atoms with Crippen molar-refractivity contribution in [2.45, 2.75) is 38.8 Å². The highest BCUT2D eigenvalue weighted by Crippen LogP contribution is 2.32. The molecule has 36 heavy (non-hydrogen) atoms. The van der Waals surface area contributed by atoms with Crippen LogP contribution in [0.25, 0.3) is 0 Å². The summed E-state index contributed by atoms with van der Waals surface area (Å²) >= 11 is 0. The highest BCUT2D eigenvalue weighted by atomic mass is 19.1. The molecule has 0 saturated carbocycles. The van der Waals surface area contributed by atoms with E-state index in [1.54, 1.807) is 16.7 Å². The first kappa shape index (κ1) is 23.9. The summed E-state index contributed by atoms with van der Waals surface area (Å²) in [6.45, 7) is 6.88. The van der Waals surface area contributed by atoms with Crippen molar-refractivity contribution < 1.29 is 23.5 Å². The first-order valence-corrected chi connectivity index (χ1v) is 12.1. The summed E-state index contributed by atoms with van der Waals surface area (Å²) in [7, 11) is 0. The predicted octanol–water partition coefficient (Wildman–Crippen LogP) is 4.76. The Labute approximate surface area is 208 Å². The molecular weight excluding hydrogens is 467 g/mol. The van der Waals surface area contributed by atoms with Crippen molar-refractivity contribution in [2.24, 2.45) is 5.92 Å². The zero-order valence-corrected chi connectivity index (χ0v) is 20.4. The molecule has 9 nitrogen and oxygen atoms in total. The van der Waals surface area contributed by atoms with E-state index in [1.807, 2.05) is 38.1 Å². The van der Waals surface area contributed by atoms with Crippen LogP contribution >= 0.6 is 0 Å². The Balaban J connectivity index is 1.08. The fourth-order valence-electron chi connectivity index (χ4n) is 4.63. The van der Waals surface area contributed by atoms with Gasteiger partial charge in [-0.15, -0.1) is 0 Å². The number of aryl methyl sites for hydroxylation is 1. The molecule has 2 aromatic carbocycles. The fourth-order valence-corrected chi connectivity index (χ4v) is 4.63. The van der Waals surface area contributed by atoms with Crippen LogP contribution in [0, 0.1) is 28.8 Å². The van der Waals surface area contributed by atoms with E-state index in [0.29, 0.717) is 24.8 Å². The second kappa shape index (κ2) is 9.67. The maximum absolute atomic E-state index is 13.9. The van der Waals surface area contributed by atoms with Gasteiger partial charge in [-0.2, -0.15) is 0 Å². The molecule has 0 radical (unpaired) electrons. The van der Waals surface area contributed by atoms with Crippen LogP contribution in [0.3, 0.4) is 0 Å². The van der Waals surface area contributed by atoms with E-state index >= 15 is 0 Å². The summed E-state index contributed by atoms with van der Waals surface area (Å²) in [5.74, 6) is 0.912. The molecular formula is C26H29FN4O5. The Hall–Kier alpha value is -3.82. The van der Waals surface area contributed by atoms with Gasteiger partial charge in [-0.25, -0.2) is 4.39 Å². The third kappa shape index (κ3) is 5.22. The number of aromatic nitrogens is 2. The van der Waals surface area contributed by atoms with Gasteiger partial charge in [-0.3, -0.25) is 4.57 Å². The standard InChI is InChI=1S/C26H29FN4O5/c1-18-3-8-22(27)23(13-18)34-15-19-9-11-29(12-10-19)20-4-6-21(7-5-20)35-17-26(2)16-30-14-24(31(32)33)28-25(30)36-26/h3-8,13-14,19H,9-12,15-17H2,1-2H3/t26-/m1/s1. The minimum atomic E-state index is -0.651. The van der Waals surface area contributed by atoms with E-state index in [9.17, 15) is 14.5 Å². The maximum Gasteiger partial charge on any atom is 0.415 e. The van der Waals surface area contributed by atoms with Gasteiger partial charge in [0, 0.05) is 23.8 Å². The van der Waals surface area contributed by atoms with Gasteiger partial charge in [0.1, 0.15) is 18.6 Å². The number of fused-ring (bicyclic) bond motifs is 1. The van der Waals surface area contributed by atoms with Crippen LogP contribution in [-0.2, 0) is 6.54 Å². The molecule has 1 atom stereocenters. The van der Waals surface area contributed by atoms with E-state index in [4.69, 9.17) is 14.2 Å². The molecule has 10 heteroatoms. The molecule has 2 aliphatic rings. The minimum Gasteiger partial charge on any atom is -0.490 e. The average Bonchev–Trinajstić information content (AvgIpc) is 3.40. The van der Waals surface area contributed by atoms with Crippen LogP contribution in [0.1, 0.15) is 25.3 Å². The number of hydrogen-bond acceptors (Lipinski definition) is 7. The Morgan fingerprint density at radius 3 is 2.64 bits per heavy atom. The lowest BCUT2D eigenvalue weighted by molar-refractivity contribution is -0.389. The largest absolute Gasteiger partial charge is 0.490 e. The molecule has 0 unspecified atom stereocenters. The summed E-state index contributed by atoms with van der Waals surface area (Å²) in [6.07, 6.45) is 3.34. The summed E-state index contributed by atoms with van der Waals surface area (Å²) in [4.78, 5) is 16.6. The lowest BCUT2D eigenvalue weighted by Gasteiger charge is -2.33. The Morgan fingerprint density at radius 2 is 1.94 bits per heavy atom. The Kier molecular flexibility index (Phi) is 6.42. The minimum absolute atomic E-state index is 0.222. The summed E-state index contributed by atoms with van der Waals surface area (Å²) in [5, 5.41) is 10.9. The molecule has 3 aromatic rings. The molecule has 0 amide bonds. The van der Waals surface area contributed by atoms with E-state index in [2.05, 4.69) is 9.88 Å². The molecule has 2 aliphatic heterocycles. The monoisotopic (exact) mass is 496 g/mol. The molecule has 190 valence electrons. The lowest BCUT2D eigenvalue weighted by Crippen LogP contribution is -2.38. The number of benzene rings is 2. The van der Waals surface area contributed by atoms with Gasteiger partial charge >= 0.3 is 11.8 Å². The Morgan fingerprint density at radius 1 is 1.19 bits per heavy atom. The third-order valence-electron chi connectivity index (χ3n) is 6.68. The molecule has 0 bridgehead atoms. The molecule has 0 N–H and O–H groups in total. The molecule has 0 spiro atoms. The highest BCUT2D eigenvalue weighted by molar-refractivity contribution is 5.49. The second-order valence-electron chi connectivity index (χ2n) is 9.78. The zero-order chi connectivity index (χ0) is 25.3. The SMILES string of the molecule is Cc1ccc(F)c(OCC2CCN(c3ccc(OC[C@@]4(C)Cn5cc([N+](=O)[O-])nc5O4)cc3)CC2)c1. The normalized spacial score (nSPS) is 19.6. The van der Waals surface area contributed by atoms with E-state index < -0.39 is 10.5 Å². The first-order chi connectivity index (χ1) is 17.3. The van der Waals surface area contributed by atoms with Crippen molar-refractivity contribution in [1.82, 2.24) is 9.55 Å². The fraction of sp³-hybridized carbons (Fsp3) is 0.423. The summed E-state index contributed by atoms with van der Waals surface area (Å²) in [6, 6.07) is 13.1. The quantitative estimate of drug-likeness (QED) is 0.328. The Bertz CT molecular complexity index is 1210. The number of rotatable bonds is 8. The molecule has 5 rings (SSSR count). The van der Waals surface area contributed by atoms with Gasteiger partial charge in [0.05, 0.1) is 13.2 Å². The van der Waals surface area contributed by atoms with E-state index in [0.717, 1.165) is 42.9 Å². The molecule has 1 saturated heterocycles. The van der Waals surface area contributed by atoms with Crippen molar-refractivity contribution in [3.05, 3.63) is 70.2 Å². The van der Waals surface area contributed by atoms with Crippen molar-refractivity contribution >= 4 is 11.5 Å². The topological polar surface area (TPSA) is 91.9 Å². The molecule has 3 heterocycles. The van der Waals surface area contributed by atoms with Crippen molar-refractivity contribution in [3.63, 3.8) is 0 Å². The van der Waals surface area contributed by atoms with Gasteiger partial charge in [-0.1, -0.05) is 6.07 Å². The second-order valence-corrected chi connectivity index (χ2v) is 9.78. The molecule has 0 aliphatic carbocycles. The van der Waals surface area contributed by atoms with E-state index in [1.165, 1.54) is 12.3 Å². The van der Waals surface area contributed by atoms with E-state index in [-0.39, 0.29) is 24.3 Å². The number of nitrogens with zero attached hydrogens (tertiary/aromatic N) is 4. The van der Waals surface area contributed by atoms with Crippen molar-refractivity contribution in [2.75, 3.05) is 31.2 Å². The molecule has 1 fully saturated rings. The van der Waals surface area contributed by atoms with Crippen LogP contribution in [0.4, 0.5) is 15.9 Å². The third-order valence-corrected chi connectivity index (χ3v) is 6.68. The van der Waals surface area contributed by atoms with Crippen LogP contribution in [-0.4, -0.2) is 46.4 Å². The van der Waals surface area contributed by atoms with Crippen LogP contribution in [0.5, 0.6) is 17.5 Å². The van der Waals surface area contributed by atoms with Gasteiger partial charge < -0.3 is 29.2 Å². The summed E-state index contributed by atoms with van der Waals surface area (Å²) in [5.41, 5.74) is 1.46. The lowest BCUT2D eigenvalue weighted by atomic mass is 9.97. The van der Waals surface area contributed by atoms with Crippen LogP contribution in [0.2, 0.25) is 0 Å². The first-order valence-electron chi connectivity index (χ1n) is 12.1. The van der Waals surface area contributed by atoms with Crippen molar-refractivity contribution in [3.8, 4) is 17.5 Å².